The van der Waals surface area contributed by atoms with Gasteiger partial charge in [0.05, 0.1) is 23.4 Å². The van der Waals surface area contributed by atoms with E-state index in [9.17, 15) is 18.3 Å². The van der Waals surface area contributed by atoms with Crippen LogP contribution < -0.4 is 5.32 Å². The van der Waals surface area contributed by atoms with Crippen LogP contribution in [0.1, 0.15) is 61.4 Å². The van der Waals surface area contributed by atoms with Gasteiger partial charge in [0.15, 0.2) is 0 Å². The highest BCUT2D eigenvalue weighted by Crippen LogP contribution is 2.41. The number of aliphatic hydroxyl groups is 1. The number of benzene rings is 1. The third kappa shape index (κ3) is 4.34. The Balaban J connectivity index is 1.54. The van der Waals surface area contributed by atoms with Gasteiger partial charge in [0.2, 0.25) is 0 Å². The molecular formula is C21H26F3N3O2. The molecule has 3 heterocycles. The zero-order valence-electron chi connectivity index (χ0n) is 16.3. The van der Waals surface area contributed by atoms with E-state index in [-0.39, 0.29) is 12.1 Å². The average molecular weight is 409 g/mol. The topological polar surface area (TPSA) is 59.3 Å². The number of nitrogens with zero attached hydrogens (tertiary/aromatic N) is 2. The van der Waals surface area contributed by atoms with E-state index >= 15 is 0 Å². The normalized spacial score (nSPS) is 29.1. The first-order chi connectivity index (χ1) is 13.7. The first kappa shape index (κ1) is 20.4. The van der Waals surface area contributed by atoms with Gasteiger partial charge in [-0.1, -0.05) is 12.1 Å². The summed E-state index contributed by atoms with van der Waals surface area (Å²) in [5.41, 5.74) is -0.407. The molecule has 2 saturated heterocycles. The lowest BCUT2D eigenvalue weighted by molar-refractivity contribution is -0.137. The summed E-state index contributed by atoms with van der Waals surface area (Å²) in [4.78, 5) is 0. The van der Waals surface area contributed by atoms with E-state index in [1.165, 1.54) is 12.1 Å². The molecule has 1 aromatic carbocycles. The number of halogens is 3. The SMILES string of the molecule is C[C@H]1CC(O)(c2ccc(C(F)(F)F)cc2)C[C@@H](c2cnn(C3CCOCC3)c2)N1. The van der Waals surface area contributed by atoms with E-state index in [0.29, 0.717) is 24.4 Å². The maximum atomic E-state index is 12.9. The van der Waals surface area contributed by atoms with Crippen LogP contribution in [0, 0.1) is 0 Å². The second-order valence-electron chi connectivity index (χ2n) is 8.23. The third-order valence-electron chi connectivity index (χ3n) is 6.01. The number of nitrogens with one attached hydrogen (secondary N) is 1. The van der Waals surface area contributed by atoms with Crippen LogP contribution in [0.4, 0.5) is 13.2 Å². The summed E-state index contributed by atoms with van der Waals surface area (Å²) in [5, 5.41) is 19.3. The number of piperidine rings is 1. The van der Waals surface area contributed by atoms with E-state index in [4.69, 9.17) is 4.74 Å². The fourth-order valence-electron chi connectivity index (χ4n) is 4.49. The molecule has 0 bridgehead atoms. The number of alkyl halides is 3. The van der Waals surface area contributed by atoms with Crippen LogP contribution in [0.25, 0.3) is 0 Å². The van der Waals surface area contributed by atoms with Gasteiger partial charge in [-0.3, -0.25) is 4.68 Å². The molecular weight excluding hydrogens is 383 g/mol. The monoisotopic (exact) mass is 409 g/mol. The minimum Gasteiger partial charge on any atom is -0.385 e. The van der Waals surface area contributed by atoms with Crippen molar-refractivity contribution in [1.29, 1.82) is 0 Å². The van der Waals surface area contributed by atoms with Crippen molar-refractivity contribution in [2.75, 3.05) is 13.2 Å². The summed E-state index contributed by atoms with van der Waals surface area (Å²) in [6, 6.07) is 5.06. The number of aromatic nitrogens is 2. The van der Waals surface area contributed by atoms with Crippen molar-refractivity contribution < 1.29 is 23.0 Å². The molecule has 2 aliphatic heterocycles. The van der Waals surface area contributed by atoms with Gasteiger partial charge in [-0.05, 0) is 50.3 Å². The molecule has 0 saturated carbocycles. The Kier molecular flexibility index (Phi) is 5.44. The van der Waals surface area contributed by atoms with E-state index < -0.39 is 17.3 Å². The van der Waals surface area contributed by atoms with E-state index in [1.807, 2.05) is 24.0 Å². The minimum absolute atomic E-state index is 0.00692. The Hall–Kier alpha value is -1.90. The molecule has 5 nitrogen and oxygen atoms in total. The van der Waals surface area contributed by atoms with Crippen molar-refractivity contribution >= 4 is 0 Å². The van der Waals surface area contributed by atoms with Crippen molar-refractivity contribution in [1.82, 2.24) is 15.1 Å². The Bertz CT molecular complexity index is 830. The molecule has 29 heavy (non-hydrogen) atoms. The lowest BCUT2D eigenvalue weighted by Crippen LogP contribution is -2.46. The molecule has 1 aromatic heterocycles. The molecule has 8 heteroatoms. The fraction of sp³-hybridized carbons (Fsp3) is 0.571. The summed E-state index contributed by atoms with van der Waals surface area (Å²) < 4.78 is 46.0. The fourth-order valence-corrected chi connectivity index (χ4v) is 4.49. The van der Waals surface area contributed by atoms with Crippen molar-refractivity contribution in [3.05, 3.63) is 53.3 Å². The zero-order valence-corrected chi connectivity index (χ0v) is 16.3. The molecule has 0 aliphatic carbocycles. The second kappa shape index (κ2) is 7.74. The van der Waals surface area contributed by atoms with Gasteiger partial charge in [-0.15, -0.1) is 0 Å². The molecule has 0 radical (unpaired) electrons. The molecule has 1 unspecified atom stereocenters. The lowest BCUT2D eigenvalue weighted by Gasteiger charge is -2.41. The minimum atomic E-state index is -4.39. The molecule has 0 spiro atoms. The van der Waals surface area contributed by atoms with Gasteiger partial charge in [0.1, 0.15) is 0 Å². The predicted octanol–water partition coefficient (Wildman–Crippen LogP) is 3.95. The number of rotatable bonds is 3. The molecule has 0 amide bonds. The van der Waals surface area contributed by atoms with Gasteiger partial charge in [-0.2, -0.15) is 18.3 Å². The standard InChI is InChI=1S/C21H26F3N3O2/c1-14-10-20(28,16-2-4-17(5-3-16)21(22,23)24)11-19(26-14)15-12-25-27(13-15)18-6-8-29-9-7-18/h2-5,12-14,18-19,26,28H,6-11H2,1H3/t14-,19-,20?/m0/s1. The molecule has 2 fully saturated rings. The summed E-state index contributed by atoms with van der Waals surface area (Å²) in [6.07, 6.45) is 2.10. The van der Waals surface area contributed by atoms with Crippen LogP contribution >= 0.6 is 0 Å². The largest absolute Gasteiger partial charge is 0.416 e. The zero-order chi connectivity index (χ0) is 20.6. The van der Waals surface area contributed by atoms with Crippen molar-refractivity contribution in [3.63, 3.8) is 0 Å². The van der Waals surface area contributed by atoms with Crippen molar-refractivity contribution in [2.45, 2.75) is 62.5 Å². The summed E-state index contributed by atoms with van der Waals surface area (Å²) in [7, 11) is 0. The smallest absolute Gasteiger partial charge is 0.385 e. The maximum absolute atomic E-state index is 12.9. The van der Waals surface area contributed by atoms with Gasteiger partial charge < -0.3 is 15.2 Å². The van der Waals surface area contributed by atoms with E-state index in [0.717, 1.165) is 43.8 Å². The molecule has 2 aliphatic rings. The number of hydrogen-bond donors (Lipinski definition) is 2. The van der Waals surface area contributed by atoms with Gasteiger partial charge in [-0.25, -0.2) is 0 Å². The molecule has 2 aromatic rings. The van der Waals surface area contributed by atoms with Crippen LogP contribution in [0.2, 0.25) is 0 Å². The Morgan fingerprint density at radius 2 is 1.86 bits per heavy atom. The Morgan fingerprint density at radius 3 is 2.52 bits per heavy atom. The quantitative estimate of drug-likeness (QED) is 0.806. The molecule has 3 atom stereocenters. The first-order valence-electron chi connectivity index (χ1n) is 10.0. The molecule has 158 valence electrons. The highest BCUT2D eigenvalue weighted by Gasteiger charge is 2.40. The van der Waals surface area contributed by atoms with Crippen LogP contribution in [-0.4, -0.2) is 34.1 Å². The molecule has 4 rings (SSSR count). The van der Waals surface area contributed by atoms with Crippen molar-refractivity contribution in [2.24, 2.45) is 0 Å². The van der Waals surface area contributed by atoms with Crippen LogP contribution in [0.5, 0.6) is 0 Å². The van der Waals surface area contributed by atoms with E-state index in [2.05, 4.69) is 10.4 Å². The van der Waals surface area contributed by atoms with Gasteiger partial charge in [0, 0.05) is 37.1 Å². The van der Waals surface area contributed by atoms with E-state index in [1.54, 1.807) is 0 Å². The summed E-state index contributed by atoms with van der Waals surface area (Å²) in [6.45, 7) is 3.43. The second-order valence-corrected chi connectivity index (χ2v) is 8.23. The number of hydrogen-bond acceptors (Lipinski definition) is 4. The Labute approximate surface area is 167 Å². The maximum Gasteiger partial charge on any atom is 0.416 e. The van der Waals surface area contributed by atoms with Crippen LogP contribution in [0.3, 0.4) is 0 Å². The van der Waals surface area contributed by atoms with Gasteiger partial charge in [0.25, 0.3) is 0 Å². The number of ether oxygens (including phenoxy) is 1. The van der Waals surface area contributed by atoms with Gasteiger partial charge >= 0.3 is 6.18 Å². The lowest BCUT2D eigenvalue weighted by atomic mass is 9.77. The summed E-state index contributed by atoms with van der Waals surface area (Å²) in [5.74, 6) is 0. The Morgan fingerprint density at radius 1 is 1.17 bits per heavy atom. The van der Waals surface area contributed by atoms with Crippen LogP contribution in [0.15, 0.2) is 36.7 Å². The van der Waals surface area contributed by atoms with Crippen molar-refractivity contribution in [3.8, 4) is 0 Å². The first-order valence-corrected chi connectivity index (χ1v) is 10.0. The van der Waals surface area contributed by atoms with Crippen LogP contribution in [-0.2, 0) is 16.5 Å². The highest BCUT2D eigenvalue weighted by atomic mass is 19.4. The third-order valence-corrected chi connectivity index (χ3v) is 6.01. The average Bonchev–Trinajstić information content (AvgIpc) is 3.18. The predicted molar refractivity (Wildman–Crippen MR) is 101 cm³/mol. The highest BCUT2D eigenvalue weighted by molar-refractivity contribution is 5.30. The summed E-state index contributed by atoms with van der Waals surface area (Å²) >= 11 is 0. The molecule has 2 N–H and O–H groups in total.